The van der Waals surface area contributed by atoms with Gasteiger partial charge in [0, 0.05) is 43.7 Å². The van der Waals surface area contributed by atoms with Gasteiger partial charge in [0.15, 0.2) is 5.96 Å². The van der Waals surface area contributed by atoms with Crippen LogP contribution in [0.2, 0.25) is 0 Å². The maximum absolute atomic E-state index is 4.67. The number of hydrogen-bond acceptors (Lipinski definition) is 5. The van der Waals surface area contributed by atoms with E-state index in [4.69, 9.17) is 0 Å². The van der Waals surface area contributed by atoms with Crippen molar-refractivity contribution in [2.75, 3.05) is 25.0 Å². The topological polar surface area (TPSA) is 65.4 Å². The van der Waals surface area contributed by atoms with Gasteiger partial charge in [-0.1, -0.05) is 19.9 Å². The van der Waals surface area contributed by atoms with Crippen LogP contribution >= 0.6 is 11.3 Å². The van der Waals surface area contributed by atoms with Crippen LogP contribution in [0.1, 0.15) is 43.3 Å². The molecule has 0 amide bonds. The van der Waals surface area contributed by atoms with E-state index in [-0.39, 0.29) is 0 Å². The Bertz CT molecular complexity index is 704. The first-order valence-corrected chi connectivity index (χ1v) is 10.1. The van der Waals surface area contributed by atoms with E-state index >= 15 is 0 Å². The second-order valence-electron chi connectivity index (χ2n) is 6.85. The average molecular weight is 373 g/mol. The molecule has 2 aromatic rings. The molecule has 7 heteroatoms. The van der Waals surface area contributed by atoms with E-state index in [1.54, 1.807) is 11.3 Å². The minimum Gasteiger partial charge on any atom is -0.356 e. The highest BCUT2D eigenvalue weighted by Gasteiger charge is 2.20. The number of anilines is 1. The van der Waals surface area contributed by atoms with Crippen molar-refractivity contribution in [2.24, 2.45) is 4.99 Å². The van der Waals surface area contributed by atoms with E-state index in [9.17, 15) is 0 Å². The Morgan fingerprint density at radius 1 is 1.35 bits per heavy atom. The van der Waals surface area contributed by atoms with Crippen LogP contribution in [0.5, 0.6) is 0 Å². The fraction of sp³-hybridized carbons (Fsp3) is 0.526. The zero-order valence-electron chi connectivity index (χ0n) is 15.8. The number of hydrogen-bond donors (Lipinski definition) is 2. The fourth-order valence-electron chi connectivity index (χ4n) is 3.03. The SMILES string of the molecule is CN=C(NCc1csc(C(C)C)n1)NC1CCN(c2ccccn2)CC1. The predicted octanol–water partition coefficient (Wildman–Crippen LogP) is 3.00. The number of rotatable bonds is 5. The van der Waals surface area contributed by atoms with Gasteiger partial charge < -0.3 is 15.5 Å². The molecule has 6 nitrogen and oxygen atoms in total. The van der Waals surface area contributed by atoms with Crippen molar-refractivity contribution < 1.29 is 0 Å². The van der Waals surface area contributed by atoms with Gasteiger partial charge >= 0.3 is 0 Å². The Kier molecular flexibility index (Phi) is 6.44. The van der Waals surface area contributed by atoms with Gasteiger partial charge in [-0.15, -0.1) is 11.3 Å². The summed E-state index contributed by atoms with van der Waals surface area (Å²) in [5.41, 5.74) is 1.08. The zero-order valence-corrected chi connectivity index (χ0v) is 16.6. The van der Waals surface area contributed by atoms with Gasteiger partial charge in [-0.2, -0.15) is 0 Å². The van der Waals surface area contributed by atoms with E-state index < -0.39 is 0 Å². The monoisotopic (exact) mass is 372 g/mol. The summed E-state index contributed by atoms with van der Waals surface area (Å²) >= 11 is 1.73. The summed E-state index contributed by atoms with van der Waals surface area (Å²) in [6.07, 6.45) is 4.01. The second-order valence-corrected chi connectivity index (χ2v) is 7.74. The molecule has 3 heterocycles. The summed E-state index contributed by atoms with van der Waals surface area (Å²) in [7, 11) is 1.82. The molecule has 0 saturated carbocycles. The van der Waals surface area contributed by atoms with Crippen LogP contribution in [-0.2, 0) is 6.54 Å². The molecule has 1 aliphatic heterocycles. The predicted molar refractivity (Wildman–Crippen MR) is 109 cm³/mol. The molecule has 1 saturated heterocycles. The van der Waals surface area contributed by atoms with Crippen LogP contribution < -0.4 is 15.5 Å². The second kappa shape index (κ2) is 8.98. The fourth-order valence-corrected chi connectivity index (χ4v) is 3.86. The number of nitrogens with zero attached hydrogens (tertiary/aromatic N) is 4. The highest BCUT2D eigenvalue weighted by Crippen LogP contribution is 2.19. The molecule has 140 valence electrons. The number of aliphatic imine (C=N–C) groups is 1. The Morgan fingerprint density at radius 2 is 2.15 bits per heavy atom. The maximum atomic E-state index is 4.67. The van der Waals surface area contributed by atoms with Crippen LogP contribution in [0.15, 0.2) is 34.8 Å². The number of nitrogens with one attached hydrogen (secondary N) is 2. The molecule has 0 atom stereocenters. The first-order chi connectivity index (χ1) is 12.7. The van der Waals surface area contributed by atoms with Gasteiger partial charge in [-0.25, -0.2) is 9.97 Å². The molecule has 2 N–H and O–H groups in total. The van der Waals surface area contributed by atoms with E-state index in [2.05, 4.69) is 55.8 Å². The molecule has 0 unspecified atom stereocenters. The van der Waals surface area contributed by atoms with Gasteiger partial charge in [0.05, 0.1) is 17.2 Å². The summed E-state index contributed by atoms with van der Waals surface area (Å²) in [6, 6.07) is 6.51. The van der Waals surface area contributed by atoms with E-state index in [1.165, 1.54) is 5.01 Å². The normalized spacial score (nSPS) is 16.2. The number of pyridine rings is 1. The molecule has 0 bridgehead atoms. The van der Waals surface area contributed by atoms with Gasteiger partial charge in [-0.05, 0) is 25.0 Å². The summed E-state index contributed by atoms with van der Waals surface area (Å²) in [6.45, 7) is 7.07. The van der Waals surface area contributed by atoms with Crippen molar-refractivity contribution in [3.63, 3.8) is 0 Å². The number of thiazole rings is 1. The van der Waals surface area contributed by atoms with Crippen molar-refractivity contribution in [1.82, 2.24) is 20.6 Å². The summed E-state index contributed by atoms with van der Waals surface area (Å²) < 4.78 is 0. The van der Waals surface area contributed by atoms with Crippen LogP contribution in [0.25, 0.3) is 0 Å². The first-order valence-electron chi connectivity index (χ1n) is 9.23. The van der Waals surface area contributed by atoms with Crippen LogP contribution in [-0.4, -0.2) is 42.1 Å². The van der Waals surface area contributed by atoms with E-state index in [0.29, 0.717) is 18.5 Å². The highest BCUT2D eigenvalue weighted by atomic mass is 32.1. The third kappa shape index (κ3) is 4.94. The van der Waals surface area contributed by atoms with Gasteiger partial charge in [-0.3, -0.25) is 4.99 Å². The van der Waals surface area contributed by atoms with Crippen molar-refractivity contribution >= 4 is 23.1 Å². The summed E-state index contributed by atoms with van der Waals surface area (Å²) in [5.74, 6) is 2.40. The van der Waals surface area contributed by atoms with Crippen molar-refractivity contribution in [3.8, 4) is 0 Å². The number of aromatic nitrogens is 2. The summed E-state index contributed by atoms with van der Waals surface area (Å²) in [4.78, 5) is 15.8. The lowest BCUT2D eigenvalue weighted by atomic mass is 10.1. The van der Waals surface area contributed by atoms with Crippen molar-refractivity contribution in [1.29, 1.82) is 0 Å². The smallest absolute Gasteiger partial charge is 0.191 e. The average Bonchev–Trinajstić information content (AvgIpc) is 3.16. The van der Waals surface area contributed by atoms with Crippen LogP contribution in [0.3, 0.4) is 0 Å². The maximum Gasteiger partial charge on any atom is 0.191 e. The lowest BCUT2D eigenvalue weighted by Gasteiger charge is -2.33. The largest absolute Gasteiger partial charge is 0.356 e. The van der Waals surface area contributed by atoms with Gasteiger partial charge in [0.25, 0.3) is 0 Å². The lowest BCUT2D eigenvalue weighted by Crippen LogP contribution is -2.48. The Morgan fingerprint density at radius 3 is 2.77 bits per heavy atom. The number of guanidine groups is 1. The molecule has 1 fully saturated rings. The molecule has 2 aromatic heterocycles. The van der Waals surface area contributed by atoms with E-state index in [0.717, 1.165) is 43.4 Å². The lowest BCUT2D eigenvalue weighted by molar-refractivity contribution is 0.459. The van der Waals surface area contributed by atoms with Gasteiger partial charge in [0.2, 0.25) is 0 Å². The summed E-state index contributed by atoms with van der Waals surface area (Å²) in [5, 5.41) is 10.2. The van der Waals surface area contributed by atoms with E-state index in [1.807, 2.05) is 25.4 Å². The molecule has 0 radical (unpaired) electrons. The molecular weight excluding hydrogens is 344 g/mol. The Labute approximate surface area is 159 Å². The van der Waals surface area contributed by atoms with Gasteiger partial charge in [0.1, 0.15) is 5.82 Å². The molecular formula is C19H28N6S. The molecule has 0 spiro atoms. The molecule has 1 aliphatic rings. The minimum atomic E-state index is 0.433. The minimum absolute atomic E-state index is 0.433. The zero-order chi connectivity index (χ0) is 18.4. The van der Waals surface area contributed by atoms with Crippen LogP contribution in [0.4, 0.5) is 5.82 Å². The molecule has 0 aliphatic carbocycles. The van der Waals surface area contributed by atoms with Crippen molar-refractivity contribution in [2.45, 2.75) is 45.2 Å². The quantitative estimate of drug-likeness (QED) is 0.624. The van der Waals surface area contributed by atoms with Crippen LogP contribution in [0, 0.1) is 0 Å². The van der Waals surface area contributed by atoms with Crippen molar-refractivity contribution in [3.05, 3.63) is 40.5 Å². The third-order valence-electron chi connectivity index (χ3n) is 4.53. The third-order valence-corrected chi connectivity index (χ3v) is 5.73. The highest BCUT2D eigenvalue weighted by molar-refractivity contribution is 7.09. The Balaban J connectivity index is 1.45. The Hall–Kier alpha value is -2.15. The molecule has 3 rings (SSSR count). The standard InChI is InChI=1S/C19H28N6S/c1-14(2)18-23-16(13-26-18)12-22-19(20-3)24-15-7-10-25(11-8-15)17-6-4-5-9-21-17/h4-6,9,13-15H,7-8,10-12H2,1-3H3,(H2,20,22,24). The number of piperidine rings is 1. The first kappa shape index (κ1) is 18.6. The molecule has 26 heavy (non-hydrogen) atoms. The molecule has 0 aromatic carbocycles.